The van der Waals surface area contributed by atoms with Crippen LogP contribution in [-0.4, -0.2) is 42.1 Å². The number of rotatable bonds is 6. The van der Waals surface area contributed by atoms with Crippen LogP contribution in [-0.2, 0) is 4.79 Å². The highest BCUT2D eigenvalue weighted by Gasteiger charge is 2.27. The average molecular weight is 431 g/mol. The first kappa shape index (κ1) is 21.5. The number of anilines is 2. The number of para-hydroxylation sites is 1. The van der Waals surface area contributed by atoms with Gasteiger partial charge in [0.1, 0.15) is 5.75 Å². The molecule has 1 N–H and O–H groups in total. The van der Waals surface area contributed by atoms with E-state index in [1.54, 1.807) is 31.4 Å². The van der Waals surface area contributed by atoms with Crippen LogP contribution in [0.4, 0.5) is 11.5 Å². The van der Waals surface area contributed by atoms with Crippen LogP contribution in [0.25, 0.3) is 11.3 Å². The van der Waals surface area contributed by atoms with E-state index in [2.05, 4.69) is 20.4 Å². The first-order valence-electron chi connectivity index (χ1n) is 10.7. The van der Waals surface area contributed by atoms with E-state index < -0.39 is 0 Å². The van der Waals surface area contributed by atoms with Crippen LogP contribution in [0.5, 0.6) is 5.75 Å². The van der Waals surface area contributed by atoms with Gasteiger partial charge in [-0.25, -0.2) is 0 Å². The molecule has 0 bridgehead atoms. The van der Waals surface area contributed by atoms with E-state index in [4.69, 9.17) is 4.74 Å². The molecule has 2 heterocycles. The molecule has 1 atom stereocenters. The fourth-order valence-corrected chi connectivity index (χ4v) is 3.95. The van der Waals surface area contributed by atoms with E-state index in [0.29, 0.717) is 17.8 Å². The van der Waals surface area contributed by atoms with Gasteiger partial charge in [0.05, 0.1) is 18.7 Å². The molecule has 0 saturated carbocycles. The third-order valence-electron chi connectivity index (χ3n) is 5.69. The molecule has 1 unspecified atom stereocenters. The Morgan fingerprint density at radius 3 is 2.66 bits per heavy atom. The van der Waals surface area contributed by atoms with Gasteiger partial charge in [-0.15, -0.1) is 10.2 Å². The van der Waals surface area contributed by atoms with Crippen LogP contribution in [0.3, 0.4) is 0 Å². The van der Waals surface area contributed by atoms with E-state index in [9.17, 15) is 9.59 Å². The molecule has 0 radical (unpaired) electrons. The SMILES string of the molecule is COc1ccccc1-c1ccc(N2CCCC(C(=O)Nc3cccc(C(C)=O)c3)C2)nn1. The van der Waals surface area contributed by atoms with E-state index in [0.717, 1.165) is 42.2 Å². The van der Waals surface area contributed by atoms with Gasteiger partial charge in [0.25, 0.3) is 0 Å². The highest BCUT2D eigenvalue weighted by atomic mass is 16.5. The highest BCUT2D eigenvalue weighted by Crippen LogP contribution is 2.29. The summed E-state index contributed by atoms with van der Waals surface area (Å²) in [5.74, 6) is 1.26. The van der Waals surface area contributed by atoms with Crippen LogP contribution in [0, 0.1) is 5.92 Å². The maximum Gasteiger partial charge on any atom is 0.229 e. The second-order valence-corrected chi connectivity index (χ2v) is 7.89. The minimum atomic E-state index is -0.166. The van der Waals surface area contributed by atoms with E-state index in [-0.39, 0.29) is 17.6 Å². The zero-order valence-electron chi connectivity index (χ0n) is 18.2. The van der Waals surface area contributed by atoms with Crippen molar-refractivity contribution in [3.63, 3.8) is 0 Å². The van der Waals surface area contributed by atoms with Crippen LogP contribution in [0.2, 0.25) is 0 Å². The number of Topliss-reactive ketones (excluding diaryl/α,β-unsaturated/α-hetero) is 1. The maximum absolute atomic E-state index is 12.9. The van der Waals surface area contributed by atoms with Crippen LogP contribution in [0.1, 0.15) is 30.1 Å². The smallest absolute Gasteiger partial charge is 0.229 e. The van der Waals surface area contributed by atoms with Crippen LogP contribution >= 0.6 is 0 Å². The third-order valence-corrected chi connectivity index (χ3v) is 5.69. The molecule has 4 rings (SSSR count). The van der Waals surface area contributed by atoms with Crippen molar-refractivity contribution in [2.24, 2.45) is 5.92 Å². The molecule has 7 heteroatoms. The molecule has 1 saturated heterocycles. The summed E-state index contributed by atoms with van der Waals surface area (Å²) < 4.78 is 5.41. The Kier molecular flexibility index (Phi) is 6.44. The molecule has 0 aliphatic carbocycles. The number of amides is 1. The number of ether oxygens (including phenoxy) is 1. The summed E-state index contributed by atoms with van der Waals surface area (Å²) in [7, 11) is 1.63. The number of aromatic nitrogens is 2. The van der Waals surface area contributed by atoms with Crippen molar-refractivity contribution in [2.75, 3.05) is 30.4 Å². The largest absolute Gasteiger partial charge is 0.496 e. The predicted octanol–water partition coefficient (Wildman–Crippen LogP) is 4.21. The number of hydrogen-bond donors (Lipinski definition) is 1. The summed E-state index contributed by atoms with van der Waals surface area (Å²) in [4.78, 5) is 26.6. The van der Waals surface area contributed by atoms with Gasteiger partial charge in [-0.05, 0) is 56.2 Å². The summed E-state index contributed by atoms with van der Waals surface area (Å²) in [6.07, 6.45) is 1.70. The van der Waals surface area contributed by atoms with Gasteiger partial charge < -0.3 is 15.0 Å². The topological polar surface area (TPSA) is 84.4 Å². The quantitative estimate of drug-likeness (QED) is 0.590. The number of piperidine rings is 1. The second kappa shape index (κ2) is 9.60. The Labute approximate surface area is 187 Å². The molecule has 1 amide bonds. The Hall–Kier alpha value is -3.74. The number of benzene rings is 2. The Morgan fingerprint density at radius 1 is 1.06 bits per heavy atom. The van der Waals surface area contributed by atoms with Gasteiger partial charge in [-0.3, -0.25) is 9.59 Å². The van der Waals surface area contributed by atoms with Gasteiger partial charge >= 0.3 is 0 Å². The van der Waals surface area contributed by atoms with Gasteiger partial charge in [0, 0.05) is 29.9 Å². The Morgan fingerprint density at radius 2 is 1.91 bits per heavy atom. The molecule has 1 aliphatic rings. The third kappa shape index (κ3) is 4.77. The fraction of sp³-hybridized carbons (Fsp3) is 0.280. The van der Waals surface area contributed by atoms with Crippen molar-refractivity contribution in [3.05, 3.63) is 66.2 Å². The molecule has 0 spiro atoms. The number of hydrogen-bond acceptors (Lipinski definition) is 6. The van der Waals surface area contributed by atoms with Crippen LogP contribution < -0.4 is 15.0 Å². The highest BCUT2D eigenvalue weighted by molar-refractivity contribution is 5.97. The van der Waals surface area contributed by atoms with E-state index in [1.165, 1.54) is 6.92 Å². The molecule has 1 aromatic heterocycles. The lowest BCUT2D eigenvalue weighted by molar-refractivity contribution is -0.120. The molecule has 2 aromatic carbocycles. The minimum Gasteiger partial charge on any atom is -0.496 e. The second-order valence-electron chi connectivity index (χ2n) is 7.89. The van der Waals surface area contributed by atoms with Crippen molar-refractivity contribution < 1.29 is 14.3 Å². The molecule has 3 aromatic rings. The minimum absolute atomic E-state index is 0.0277. The fourth-order valence-electron chi connectivity index (χ4n) is 3.95. The van der Waals surface area contributed by atoms with Crippen LogP contribution in [0.15, 0.2) is 60.7 Å². The van der Waals surface area contributed by atoms with Crippen molar-refractivity contribution in [2.45, 2.75) is 19.8 Å². The normalized spacial score (nSPS) is 15.8. The summed E-state index contributed by atoms with van der Waals surface area (Å²) in [6.45, 7) is 2.91. The lowest BCUT2D eigenvalue weighted by atomic mass is 9.97. The Bertz CT molecular complexity index is 1110. The van der Waals surface area contributed by atoms with Gasteiger partial charge in [0.15, 0.2) is 11.6 Å². The maximum atomic E-state index is 12.9. The number of carbonyl (C=O) groups excluding carboxylic acids is 2. The van der Waals surface area contributed by atoms with Crippen molar-refractivity contribution in [1.29, 1.82) is 0 Å². The summed E-state index contributed by atoms with van der Waals surface area (Å²) >= 11 is 0. The molecule has 7 nitrogen and oxygen atoms in total. The number of methoxy groups -OCH3 is 1. The first-order chi connectivity index (χ1) is 15.5. The van der Waals surface area contributed by atoms with Crippen molar-refractivity contribution in [1.82, 2.24) is 10.2 Å². The monoisotopic (exact) mass is 430 g/mol. The molecule has 1 aliphatic heterocycles. The molecule has 164 valence electrons. The van der Waals surface area contributed by atoms with Gasteiger partial charge in [-0.1, -0.05) is 24.3 Å². The number of nitrogens with zero attached hydrogens (tertiary/aromatic N) is 3. The van der Waals surface area contributed by atoms with Crippen molar-refractivity contribution >= 4 is 23.2 Å². The number of carbonyl (C=O) groups is 2. The van der Waals surface area contributed by atoms with Gasteiger partial charge in [0.2, 0.25) is 5.91 Å². The predicted molar refractivity (Wildman–Crippen MR) is 124 cm³/mol. The van der Waals surface area contributed by atoms with Crippen molar-refractivity contribution in [3.8, 4) is 17.0 Å². The summed E-state index contributed by atoms with van der Waals surface area (Å²) in [5, 5.41) is 11.8. The summed E-state index contributed by atoms with van der Waals surface area (Å²) in [6, 6.07) is 18.6. The Balaban J connectivity index is 1.44. The molecular weight excluding hydrogens is 404 g/mol. The molecule has 32 heavy (non-hydrogen) atoms. The lowest BCUT2D eigenvalue weighted by Gasteiger charge is -2.32. The molecule has 1 fully saturated rings. The van der Waals surface area contributed by atoms with E-state index in [1.807, 2.05) is 36.4 Å². The van der Waals surface area contributed by atoms with Gasteiger partial charge in [-0.2, -0.15) is 0 Å². The zero-order chi connectivity index (χ0) is 22.5. The van der Waals surface area contributed by atoms with E-state index >= 15 is 0 Å². The molecular formula is C25H26N4O3. The first-order valence-corrected chi connectivity index (χ1v) is 10.7. The lowest BCUT2D eigenvalue weighted by Crippen LogP contribution is -2.41. The standard InChI is InChI=1S/C25H26N4O3/c1-17(30)18-7-5-9-20(15-18)26-25(31)19-8-6-14-29(16-19)24-13-12-22(27-28-24)21-10-3-4-11-23(21)32-2/h3-5,7,9-13,15,19H,6,8,14,16H2,1-2H3,(H,26,31). The number of ketones is 1. The average Bonchev–Trinajstić information content (AvgIpc) is 2.84. The summed E-state index contributed by atoms with van der Waals surface area (Å²) in [5.41, 5.74) is 2.85. The zero-order valence-corrected chi connectivity index (χ0v) is 18.2. The number of nitrogens with one attached hydrogen (secondary N) is 1.